The van der Waals surface area contributed by atoms with Crippen LogP contribution in [0.1, 0.15) is 46.0 Å². The molecule has 1 aliphatic carbocycles. The van der Waals surface area contributed by atoms with E-state index in [9.17, 15) is 0 Å². The van der Waals surface area contributed by atoms with Crippen LogP contribution in [0.4, 0.5) is 0 Å². The predicted molar refractivity (Wildman–Crippen MR) is 76.9 cm³/mol. The van der Waals surface area contributed by atoms with Gasteiger partial charge < -0.3 is 10.2 Å². The quantitative estimate of drug-likeness (QED) is 0.840. The molecule has 2 fully saturated rings. The van der Waals surface area contributed by atoms with Crippen molar-refractivity contribution < 1.29 is 0 Å². The van der Waals surface area contributed by atoms with Crippen molar-refractivity contribution in [2.75, 3.05) is 26.2 Å². The third kappa shape index (κ3) is 4.76. The molecular weight excluding hydrogens is 232 g/mol. The molecule has 0 bridgehead atoms. The highest BCUT2D eigenvalue weighted by Crippen LogP contribution is 2.31. The summed E-state index contributed by atoms with van der Waals surface area (Å²) >= 11 is 0. The average molecular weight is 261 g/mol. The van der Waals surface area contributed by atoms with Gasteiger partial charge in [0.2, 0.25) is 0 Å². The molecule has 2 aliphatic rings. The molecule has 3 atom stereocenters. The molecule has 3 heteroatoms. The van der Waals surface area contributed by atoms with Crippen LogP contribution in [0.2, 0.25) is 0 Å². The molecule has 1 saturated carbocycles. The Balaban J connectivity index is 0.00000144. The summed E-state index contributed by atoms with van der Waals surface area (Å²) in [6, 6.07) is 0.694. The van der Waals surface area contributed by atoms with Gasteiger partial charge in [-0.2, -0.15) is 0 Å². The fourth-order valence-electron chi connectivity index (χ4n) is 3.48. The van der Waals surface area contributed by atoms with E-state index in [1.165, 1.54) is 58.3 Å². The third-order valence-electron chi connectivity index (χ3n) is 4.44. The van der Waals surface area contributed by atoms with Crippen LogP contribution in [-0.2, 0) is 0 Å². The number of halogens is 1. The van der Waals surface area contributed by atoms with Crippen LogP contribution < -0.4 is 5.32 Å². The fraction of sp³-hybridized carbons (Fsp3) is 1.00. The van der Waals surface area contributed by atoms with Crippen molar-refractivity contribution in [3.05, 3.63) is 0 Å². The highest BCUT2D eigenvalue weighted by atomic mass is 35.5. The molecule has 0 amide bonds. The monoisotopic (exact) mass is 260 g/mol. The van der Waals surface area contributed by atoms with Crippen molar-refractivity contribution in [1.29, 1.82) is 0 Å². The van der Waals surface area contributed by atoms with Gasteiger partial charge in [-0.1, -0.05) is 26.2 Å². The van der Waals surface area contributed by atoms with Gasteiger partial charge in [0, 0.05) is 32.2 Å². The summed E-state index contributed by atoms with van der Waals surface area (Å²) in [5.74, 6) is 2.02. The molecule has 0 aromatic heterocycles. The van der Waals surface area contributed by atoms with Gasteiger partial charge in [-0.25, -0.2) is 0 Å². The summed E-state index contributed by atoms with van der Waals surface area (Å²) in [6.45, 7) is 9.74. The first-order valence-electron chi connectivity index (χ1n) is 7.23. The number of rotatable bonds is 3. The molecule has 0 radical (unpaired) electrons. The van der Waals surface area contributed by atoms with E-state index in [1.54, 1.807) is 0 Å². The lowest BCUT2D eigenvalue weighted by molar-refractivity contribution is 0.143. The largest absolute Gasteiger partial charge is 0.312 e. The van der Waals surface area contributed by atoms with Gasteiger partial charge in [0.15, 0.2) is 0 Å². The molecule has 102 valence electrons. The molecular formula is C14H29ClN2. The van der Waals surface area contributed by atoms with Gasteiger partial charge in [-0.05, 0) is 31.6 Å². The SMILES string of the molecule is CCC1CCCC(CN2CCNC(C)C2)C1.Cl. The Morgan fingerprint density at radius 2 is 2.00 bits per heavy atom. The lowest BCUT2D eigenvalue weighted by Gasteiger charge is -2.37. The summed E-state index contributed by atoms with van der Waals surface area (Å²) < 4.78 is 0. The van der Waals surface area contributed by atoms with E-state index in [-0.39, 0.29) is 12.4 Å². The van der Waals surface area contributed by atoms with Crippen LogP contribution in [-0.4, -0.2) is 37.1 Å². The molecule has 2 nitrogen and oxygen atoms in total. The minimum absolute atomic E-state index is 0. The summed E-state index contributed by atoms with van der Waals surface area (Å²) in [5, 5.41) is 3.53. The third-order valence-corrected chi connectivity index (χ3v) is 4.44. The maximum absolute atomic E-state index is 3.53. The fourth-order valence-corrected chi connectivity index (χ4v) is 3.48. The molecule has 1 aliphatic heterocycles. The van der Waals surface area contributed by atoms with Crippen molar-refractivity contribution >= 4 is 12.4 Å². The smallest absolute Gasteiger partial charge is 0.0167 e. The number of nitrogens with zero attached hydrogens (tertiary/aromatic N) is 1. The van der Waals surface area contributed by atoms with Crippen LogP contribution in [0.5, 0.6) is 0 Å². The van der Waals surface area contributed by atoms with E-state index in [0.717, 1.165) is 11.8 Å². The highest BCUT2D eigenvalue weighted by molar-refractivity contribution is 5.85. The Labute approximate surface area is 113 Å². The first-order chi connectivity index (χ1) is 7.78. The van der Waals surface area contributed by atoms with Crippen LogP contribution in [0.3, 0.4) is 0 Å². The summed E-state index contributed by atoms with van der Waals surface area (Å²) in [5.41, 5.74) is 0. The van der Waals surface area contributed by atoms with E-state index in [1.807, 2.05) is 0 Å². The van der Waals surface area contributed by atoms with Crippen molar-refractivity contribution in [2.45, 2.75) is 52.0 Å². The number of hydrogen-bond acceptors (Lipinski definition) is 2. The number of hydrogen-bond donors (Lipinski definition) is 1. The van der Waals surface area contributed by atoms with Crippen molar-refractivity contribution in [2.24, 2.45) is 11.8 Å². The second-order valence-corrected chi connectivity index (χ2v) is 5.92. The first kappa shape index (κ1) is 15.3. The average Bonchev–Trinajstić information content (AvgIpc) is 2.29. The van der Waals surface area contributed by atoms with Crippen LogP contribution in [0, 0.1) is 11.8 Å². The van der Waals surface area contributed by atoms with E-state index in [4.69, 9.17) is 0 Å². The van der Waals surface area contributed by atoms with Gasteiger partial charge >= 0.3 is 0 Å². The molecule has 1 saturated heterocycles. The van der Waals surface area contributed by atoms with Gasteiger partial charge in [0.25, 0.3) is 0 Å². The van der Waals surface area contributed by atoms with Crippen LogP contribution >= 0.6 is 12.4 Å². The Bertz CT molecular complexity index is 210. The zero-order valence-electron chi connectivity index (χ0n) is 11.5. The first-order valence-corrected chi connectivity index (χ1v) is 7.23. The van der Waals surface area contributed by atoms with Crippen LogP contribution in [0.15, 0.2) is 0 Å². The van der Waals surface area contributed by atoms with Gasteiger partial charge in [-0.15, -0.1) is 12.4 Å². The lowest BCUT2D eigenvalue weighted by atomic mass is 9.80. The van der Waals surface area contributed by atoms with Gasteiger partial charge in [0.1, 0.15) is 0 Å². The van der Waals surface area contributed by atoms with Crippen molar-refractivity contribution in [3.63, 3.8) is 0 Å². The molecule has 3 unspecified atom stereocenters. The minimum atomic E-state index is 0. The maximum atomic E-state index is 3.53. The lowest BCUT2D eigenvalue weighted by Crippen LogP contribution is -2.50. The standard InChI is InChI=1S/C14H28N2.ClH/c1-3-13-5-4-6-14(9-13)11-16-8-7-15-12(2)10-16;/h12-15H,3-11H2,1-2H3;1H. The Morgan fingerprint density at radius 1 is 1.24 bits per heavy atom. The Morgan fingerprint density at radius 3 is 2.71 bits per heavy atom. The Kier molecular flexibility index (Phi) is 6.83. The number of piperazine rings is 1. The highest BCUT2D eigenvalue weighted by Gasteiger charge is 2.24. The van der Waals surface area contributed by atoms with E-state index < -0.39 is 0 Å². The summed E-state index contributed by atoms with van der Waals surface area (Å²) in [7, 11) is 0. The van der Waals surface area contributed by atoms with Gasteiger partial charge in [0.05, 0.1) is 0 Å². The van der Waals surface area contributed by atoms with Crippen molar-refractivity contribution in [3.8, 4) is 0 Å². The summed E-state index contributed by atoms with van der Waals surface area (Å²) in [4.78, 5) is 2.68. The Hall–Kier alpha value is 0.210. The second-order valence-electron chi connectivity index (χ2n) is 5.92. The molecule has 1 N–H and O–H groups in total. The normalized spacial score (nSPS) is 35.3. The topological polar surface area (TPSA) is 15.3 Å². The van der Waals surface area contributed by atoms with Crippen molar-refractivity contribution in [1.82, 2.24) is 10.2 Å². The molecule has 17 heavy (non-hydrogen) atoms. The summed E-state index contributed by atoms with van der Waals surface area (Å²) in [6.07, 6.45) is 7.34. The predicted octanol–water partition coefficient (Wildman–Crippen LogP) is 2.92. The second kappa shape index (κ2) is 7.60. The zero-order chi connectivity index (χ0) is 11.4. The molecule has 2 rings (SSSR count). The van der Waals surface area contributed by atoms with E-state index >= 15 is 0 Å². The van der Waals surface area contributed by atoms with E-state index in [0.29, 0.717) is 6.04 Å². The molecule has 0 aromatic carbocycles. The molecule has 1 heterocycles. The van der Waals surface area contributed by atoms with Crippen LogP contribution in [0.25, 0.3) is 0 Å². The minimum Gasteiger partial charge on any atom is -0.312 e. The molecule has 0 spiro atoms. The number of nitrogens with one attached hydrogen (secondary N) is 1. The van der Waals surface area contributed by atoms with E-state index in [2.05, 4.69) is 24.1 Å². The zero-order valence-corrected chi connectivity index (χ0v) is 12.3. The van der Waals surface area contributed by atoms with Gasteiger partial charge in [-0.3, -0.25) is 0 Å². The maximum Gasteiger partial charge on any atom is 0.0167 e. The molecule has 0 aromatic rings.